The Morgan fingerprint density at radius 3 is 2.58 bits per heavy atom. The lowest BCUT2D eigenvalue weighted by molar-refractivity contribution is 0.240. The molecule has 0 spiro atoms. The van der Waals surface area contributed by atoms with E-state index >= 15 is 0 Å². The lowest BCUT2D eigenvalue weighted by atomic mass is 10.0. The average Bonchev–Trinajstić information content (AvgIpc) is 2.49. The Bertz CT molecular complexity index is 352. The first kappa shape index (κ1) is 15.9. The number of hydrogen-bond donors (Lipinski definition) is 2. The highest BCUT2D eigenvalue weighted by Crippen LogP contribution is 2.25. The minimum absolute atomic E-state index is 0.242. The maximum atomic E-state index is 9.40. The molecule has 2 heterocycles. The summed E-state index contributed by atoms with van der Waals surface area (Å²) in [5.74, 6) is 0.471. The zero-order valence-electron chi connectivity index (χ0n) is 12.2. The van der Waals surface area contributed by atoms with E-state index in [-0.39, 0.29) is 12.6 Å². The summed E-state index contributed by atoms with van der Waals surface area (Å²) in [7, 11) is 1.00. The molecule has 1 aromatic rings. The molecule has 1 atom stereocenters. The number of aliphatic hydroxyl groups is 2. The van der Waals surface area contributed by atoms with Crippen LogP contribution in [0.3, 0.4) is 0 Å². The molecule has 0 aromatic carbocycles. The third kappa shape index (κ3) is 4.18. The maximum Gasteiger partial charge on any atom is 0.0635 e. The normalized spacial score (nSPS) is 19.1. The molecule has 2 N–H and O–H groups in total. The molecule has 1 fully saturated rings. The minimum Gasteiger partial charge on any atom is -0.400 e. The molecular weight excluding hydrogens is 240 g/mol. The molecule has 0 amide bonds. The van der Waals surface area contributed by atoms with E-state index in [1.54, 1.807) is 0 Å². The van der Waals surface area contributed by atoms with Crippen LogP contribution in [0.5, 0.6) is 0 Å². The van der Waals surface area contributed by atoms with Gasteiger partial charge in [0, 0.05) is 19.3 Å². The van der Waals surface area contributed by atoms with Crippen molar-refractivity contribution in [2.24, 2.45) is 0 Å². The predicted molar refractivity (Wildman–Crippen MR) is 78.5 cm³/mol. The third-order valence-corrected chi connectivity index (χ3v) is 3.53. The number of piperidine rings is 1. The van der Waals surface area contributed by atoms with Crippen LogP contribution in [0, 0.1) is 0 Å². The number of hydrogen-bond acceptors (Lipinski definition) is 4. The highest BCUT2D eigenvalue weighted by atomic mass is 16.3. The summed E-state index contributed by atoms with van der Waals surface area (Å²) in [6, 6.07) is 4.51. The van der Waals surface area contributed by atoms with Crippen molar-refractivity contribution >= 4 is 5.69 Å². The first-order valence-corrected chi connectivity index (χ1v) is 7.00. The van der Waals surface area contributed by atoms with Gasteiger partial charge in [-0.3, -0.25) is 4.98 Å². The maximum absolute atomic E-state index is 9.40. The van der Waals surface area contributed by atoms with Gasteiger partial charge in [-0.1, -0.05) is 13.8 Å². The van der Waals surface area contributed by atoms with Crippen LogP contribution in [-0.4, -0.2) is 41.5 Å². The minimum atomic E-state index is 0.242. The van der Waals surface area contributed by atoms with Gasteiger partial charge in [0.2, 0.25) is 0 Å². The van der Waals surface area contributed by atoms with Gasteiger partial charge in [0.05, 0.1) is 24.5 Å². The second-order valence-electron chi connectivity index (χ2n) is 5.12. The Kier molecular flexibility index (Phi) is 6.81. The molecule has 1 aromatic heterocycles. The number of aliphatic hydroxyl groups excluding tert-OH is 2. The van der Waals surface area contributed by atoms with E-state index < -0.39 is 0 Å². The van der Waals surface area contributed by atoms with Crippen molar-refractivity contribution in [3.05, 3.63) is 24.0 Å². The van der Waals surface area contributed by atoms with E-state index in [0.717, 1.165) is 31.5 Å². The molecule has 0 radical (unpaired) electrons. The predicted octanol–water partition coefficient (Wildman–Crippen LogP) is 2.16. The highest BCUT2D eigenvalue weighted by Gasteiger charge is 2.21. The molecule has 1 aliphatic rings. The Balaban J connectivity index is 0.000000861. The summed E-state index contributed by atoms with van der Waals surface area (Å²) in [4.78, 5) is 6.79. The average molecular weight is 266 g/mol. The summed E-state index contributed by atoms with van der Waals surface area (Å²) in [5, 5.41) is 16.4. The van der Waals surface area contributed by atoms with E-state index in [1.165, 1.54) is 12.8 Å². The summed E-state index contributed by atoms with van der Waals surface area (Å²) >= 11 is 0. The highest BCUT2D eigenvalue weighted by molar-refractivity contribution is 5.46. The van der Waals surface area contributed by atoms with Gasteiger partial charge in [-0.05, 0) is 37.3 Å². The Morgan fingerprint density at radius 1 is 1.32 bits per heavy atom. The summed E-state index contributed by atoms with van der Waals surface area (Å²) in [6.45, 7) is 5.58. The van der Waals surface area contributed by atoms with Crippen molar-refractivity contribution in [1.29, 1.82) is 0 Å². The van der Waals surface area contributed by atoms with Crippen molar-refractivity contribution in [1.82, 2.24) is 4.98 Å². The zero-order valence-corrected chi connectivity index (χ0v) is 12.2. The second-order valence-corrected chi connectivity index (χ2v) is 5.12. The van der Waals surface area contributed by atoms with Gasteiger partial charge in [0.1, 0.15) is 0 Å². The van der Waals surface area contributed by atoms with Crippen molar-refractivity contribution < 1.29 is 10.2 Å². The summed E-state index contributed by atoms with van der Waals surface area (Å²) in [6.07, 6.45) is 5.47. The van der Waals surface area contributed by atoms with E-state index in [0.29, 0.717) is 5.92 Å². The molecule has 0 bridgehead atoms. The number of anilines is 1. The lowest BCUT2D eigenvalue weighted by Gasteiger charge is -2.36. The van der Waals surface area contributed by atoms with Crippen LogP contribution < -0.4 is 4.90 Å². The van der Waals surface area contributed by atoms with Crippen LogP contribution >= 0.6 is 0 Å². The van der Waals surface area contributed by atoms with Gasteiger partial charge in [-0.15, -0.1) is 0 Å². The number of nitrogens with zero attached hydrogens (tertiary/aromatic N) is 2. The van der Waals surface area contributed by atoms with E-state index in [4.69, 9.17) is 5.11 Å². The molecule has 2 rings (SSSR count). The Hall–Kier alpha value is -1.13. The van der Waals surface area contributed by atoms with E-state index in [1.807, 2.05) is 6.20 Å². The standard InChI is InChI=1S/C14H22N2O.CH4O/c1-11(2)14-7-6-12(9-15-14)16-8-4-3-5-13(16)10-17;1-2/h6-7,9,11,13,17H,3-5,8,10H2,1-2H3;2H,1H3. The van der Waals surface area contributed by atoms with Crippen molar-refractivity contribution in [3.8, 4) is 0 Å². The molecule has 0 saturated carbocycles. The van der Waals surface area contributed by atoms with E-state index in [9.17, 15) is 5.11 Å². The smallest absolute Gasteiger partial charge is 0.0635 e. The van der Waals surface area contributed by atoms with Crippen LogP contribution in [0.4, 0.5) is 5.69 Å². The molecule has 1 aliphatic heterocycles. The van der Waals surface area contributed by atoms with Crippen molar-refractivity contribution in [2.45, 2.75) is 45.1 Å². The molecule has 1 unspecified atom stereocenters. The van der Waals surface area contributed by atoms with E-state index in [2.05, 4.69) is 35.9 Å². The SMILES string of the molecule is CC(C)c1ccc(N2CCCCC2CO)cn1.CO. The van der Waals surface area contributed by atoms with Crippen LogP contribution in [0.15, 0.2) is 18.3 Å². The second kappa shape index (κ2) is 8.12. The van der Waals surface area contributed by atoms with Crippen LogP contribution in [-0.2, 0) is 0 Å². The fourth-order valence-corrected chi connectivity index (χ4v) is 2.44. The van der Waals surface area contributed by atoms with Crippen molar-refractivity contribution in [2.75, 3.05) is 25.2 Å². The molecule has 0 aliphatic carbocycles. The number of aromatic nitrogens is 1. The Labute approximate surface area is 116 Å². The number of pyridine rings is 1. The lowest BCUT2D eigenvalue weighted by Crippen LogP contribution is -2.41. The topological polar surface area (TPSA) is 56.6 Å². The summed E-state index contributed by atoms with van der Waals surface area (Å²) in [5.41, 5.74) is 2.28. The monoisotopic (exact) mass is 266 g/mol. The molecule has 19 heavy (non-hydrogen) atoms. The summed E-state index contributed by atoms with van der Waals surface area (Å²) < 4.78 is 0. The largest absolute Gasteiger partial charge is 0.400 e. The first-order valence-electron chi connectivity index (χ1n) is 7.00. The molecule has 4 heteroatoms. The zero-order chi connectivity index (χ0) is 14.3. The van der Waals surface area contributed by atoms with Gasteiger partial charge < -0.3 is 15.1 Å². The van der Waals surface area contributed by atoms with Gasteiger partial charge in [-0.2, -0.15) is 0 Å². The van der Waals surface area contributed by atoms with Gasteiger partial charge in [0.15, 0.2) is 0 Å². The third-order valence-electron chi connectivity index (χ3n) is 3.53. The molecule has 4 nitrogen and oxygen atoms in total. The fourth-order valence-electron chi connectivity index (χ4n) is 2.44. The van der Waals surface area contributed by atoms with Gasteiger partial charge in [-0.25, -0.2) is 0 Å². The van der Waals surface area contributed by atoms with Gasteiger partial charge in [0.25, 0.3) is 0 Å². The van der Waals surface area contributed by atoms with Crippen molar-refractivity contribution in [3.63, 3.8) is 0 Å². The first-order chi connectivity index (χ1) is 9.22. The van der Waals surface area contributed by atoms with Gasteiger partial charge >= 0.3 is 0 Å². The molecular formula is C15H26N2O2. The fraction of sp³-hybridized carbons (Fsp3) is 0.667. The number of rotatable bonds is 3. The quantitative estimate of drug-likeness (QED) is 0.880. The van der Waals surface area contributed by atoms with Crippen LogP contribution in [0.2, 0.25) is 0 Å². The van der Waals surface area contributed by atoms with Crippen LogP contribution in [0.1, 0.15) is 44.7 Å². The molecule has 1 saturated heterocycles. The Morgan fingerprint density at radius 2 is 2.05 bits per heavy atom. The molecule has 108 valence electrons. The van der Waals surface area contributed by atoms with Crippen LogP contribution in [0.25, 0.3) is 0 Å².